The van der Waals surface area contributed by atoms with Crippen molar-refractivity contribution in [2.45, 2.75) is 26.2 Å². The summed E-state index contributed by atoms with van der Waals surface area (Å²) in [6, 6.07) is 22.4. The molecule has 0 bridgehead atoms. The summed E-state index contributed by atoms with van der Waals surface area (Å²) in [5.41, 5.74) is 4.83. The van der Waals surface area contributed by atoms with Crippen molar-refractivity contribution >= 4 is 23.9 Å². The molecule has 1 unspecified atom stereocenters. The first-order valence-corrected chi connectivity index (χ1v) is 12.6. The van der Waals surface area contributed by atoms with Crippen LogP contribution in [0.1, 0.15) is 58.0 Å². The number of alkyl carbamates (subject to hydrolysis) is 1. The summed E-state index contributed by atoms with van der Waals surface area (Å²) in [6.45, 7) is 3.94. The maximum absolute atomic E-state index is 13.0. The van der Waals surface area contributed by atoms with Crippen LogP contribution in [0.4, 0.5) is 4.79 Å². The molecule has 3 aromatic carbocycles. The molecule has 38 heavy (non-hydrogen) atoms. The summed E-state index contributed by atoms with van der Waals surface area (Å²) >= 11 is 0. The molecule has 3 amide bonds. The van der Waals surface area contributed by atoms with Crippen LogP contribution in [0.3, 0.4) is 0 Å². The van der Waals surface area contributed by atoms with Crippen molar-refractivity contribution in [1.29, 1.82) is 0 Å². The SMILES string of the molecule is CC(C)CC(CNC(=O)OCC1c2ccccc2-c2ccccc21)C(=O)ON1C(=O)c2ccccc2C1=O. The second kappa shape index (κ2) is 10.5. The van der Waals surface area contributed by atoms with E-state index in [2.05, 4.69) is 17.4 Å². The number of hydrogen-bond donors (Lipinski definition) is 1. The van der Waals surface area contributed by atoms with Crippen molar-refractivity contribution in [3.63, 3.8) is 0 Å². The second-order valence-electron chi connectivity index (χ2n) is 9.89. The average Bonchev–Trinajstić information content (AvgIpc) is 3.37. The van der Waals surface area contributed by atoms with Crippen LogP contribution in [0.5, 0.6) is 0 Å². The number of hydroxylamine groups is 2. The van der Waals surface area contributed by atoms with Crippen LogP contribution in [-0.4, -0.2) is 42.1 Å². The Kier molecular flexibility index (Phi) is 6.96. The highest BCUT2D eigenvalue weighted by Crippen LogP contribution is 2.44. The number of nitrogens with zero attached hydrogens (tertiary/aromatic N) is 1. The fourth-order valence-corrected chi connectivity index (χ4v) is 5.10. The van der Waals surface area contributed by atoms with Gasteiger partial charge >= 0.3 is 12.1 Å². The van der Waals surface area contributed by atoms with Gasteiger partial charge in [0.05, 0.1) is 17.0 Å². The van der Waals surface area contributed by atoms with Crippen molar-refractivity contribution in [1.82, 2.24) is 10.4 Å². The highest BCUT2D eigenvalue weighted by molar-refractivity contribution is 6.20. The second-order valence-corrected chi connectivity index (χ2v) is 9.89. The summed E-state index contributed by atoms with van der Waals surface area (Å²) in [6.07, 6.45) is -0.278. The molecule has 0 saturated heterocycles. The molecule has 1 atom stereocenters. The van der Waals surface area contributed by atoms with Crippen molar-refractivity contribution in [2.24, 2.45) is 11.8 Å². The number of rotatable bonds is 8. The van der Waals surface area contributed by atoms with Crippen molar-refractivity contribution in [3.8, 4) is 11.1 Å². The van der Waals surface area contributed by atoms with Gasteiger partial charge < -0.3 is 14.9 Å². The Morgan fingerprint density at radius 2 is 1.32 bits per heavy atom. The molecule has 0 saturated carbocycles. The summed E-state index contributed by atoms with van der Waals surface area (Å²) < 4.78 is 5.56. The predicted octanol–water partition coefficient (Wildman–Crippen LogP) is 4.94. The third-order valence-corrected chi connectivity index (χ3v) is 6.86. The zero-order chi connectivity index (χ0) is 26.8. The molecule has 0 spiro atoms. The lowest BCUT2D eigenvalue weighted by Crippen LogP contribution is -2.40. The zero-order valence-corrected chi connectivity index (χ0v) is 21.2. The van der Waals surface area contributed by atoms with E-state index in [-0.39, 0.29) is 36.1 Å². The fourth-order valence-electron chi connectivity index (χ4n) is 5.10. The van der Waals surface area contributed by atoms with Gasteiger partial charge in [-0.1, -0.05) is 79.6 Å². The summed E-state index contributed by atoms with van der Waals surface area (Å²) in [5, 5.41) is 3.15. The van der Waals surface area contributed by atoms with Crippen molar-refractivity contribution in [3.05, 3.63) is 95.1 Å². The van der Waals surface area contributed by atoms with Crippen LogP contribution in [-0.2, 0) is 14.4 Å². The molecule has 0 fully saturated rings. The van der Waals surface area contributed by atoms with E-state index < -0.39 is 29.8 Å². The number of benzene rings is 3. The van der Waals surface area contributed by atoms with E-state index >= 15 is 0 Å². The van der Waals surface area contributed by atoms with E-state index in [9.17, 15) is 19.2 Å². The molecular formula is C30H28N2O6. The van der Waals surface area contributed by atoms with Gasteiger partial charge in [0.1, 0.15) is 6.61 Å². The predicted molar refractivity (Wildman–Crippen MR) is 139 cm³/mol. The Labute approximate surface area is 220 Å². The quantitative estimate of drug-likeness (QED) is 0.429. The van der Waals surface area contributed by atoms with Crippen LogP contribution in [0, 0.1) is 11.8 Å². The standard InChI is InChI=1S/C30H28N2O6/c1-18(2)15-19(29(35)38-32-27(33)24-13-7-8-14-25(24)28(32)34)16-31-30(36)37-17-26-22-11-5-3-9-20(22)21-10-4-6-12-23(21)26/h3-14,18-19,26H,15-17H2,1-2H3,(H,31,36). The zero-order valence-electron chi connectivity index (χ0n) is 21.2. The normalized spacial score (nSPS) is 14.7. The molecule has 1 heterocycles. The number of nitrogens with one attached hydrogen (secondary N) is 1. The third kappa shape index (κ3) is 4.77. The van der Waals surface area contributed by atoms with Gasteiger partial charge in [-0.3, -0.25) is 9.59 Å². The van der Waals surface area contributed by atoms with E-state index in [4.69, 9.17) is 9.57 Å². The molecule has 1 N–H and O–H groups in total. The van der Waals surface area contributed by atoms with Crippen molar-refractivity contribution < 1.29 is 28.8 Å². The minimum Gasteiger partial charge on any atom is -0.449 e. The van der Waals surface area contributed by atoms with Crippen LogP contribution in [0.15, 0.2) is 72.8 Å². The number of imide groups is 1. The lowest BCUT2D eigenvalue weighted by atomic mass is 9.97. The van der Waals surface area contributed by atoms with E-state index in [0.717, 1.165) is 22.3 Å². The first-order chi connectivity index (χ1) is 18.3. The Morgan fingerprint density at radius 1 is 0.816 bits per heavy atom. The Bertz CT molecular complexity index is 1330. The molecule has 0 aromatic heterocycles. The smallest absolute Gasteiger partial charge is 0.407 e. The van der Waals surface area contributed by atoms with Crippen molar-refractivity contribution in [2.75, 3.05) is 13.2 Å². The van der Waals surface area contributed by atoms with Gasteiger partial charge in [0.25, 0.3) is 11.8 Å². The van der Waals surface area contributed by atoms with Gasteiger partial charge in [-0.05, 0) is 46.7 Å². The van der Waals surface area contributed by atoms with E-state index in [1.807, 2.05) is 50.2 Å². The van der Waals surface area contributed by atoms with E-state index in [1.165, 1.54) is 12.1 Å². The monoisotopic (exact) mass is 512 g/mol. The maximum Gasteiger partial charge on any atom is 0.407 e. The van der Waals surface area contributed by atoms with Gasteiger partial charge in [-0.2, -0.15) is 0 Å². The number of carbonyl (C=O) groups is 4. The largest absolute Gasteiger partial charge is 0.449 e. The summed E-state index contributed by atoms with van der Waals surface area (Å²) in [5.74, 6) is -2.91. The lowest BCUT2D eigenvalue weighted by molar-refractivity contribution is -0.174. The Morgan fingerprint density at radius 3 is 1.84 bits per heavy atom. The van der Waals surface area contributed by atoms with Crippen LogP contribution in [0.25, 0.3) is 11.1 Å². The van der Waals surface area contributed by atoms with Gasteiger partial charge in [-0.25, -0.2) is 9.59 Å². The molecule has 3 aromatic rings. The lowest BCUT2D eigenvalue weighted by Gasteiger charge is -2.21. The third-order valence-electron chi connectivity index (χ3n) is 6.86. The number of fused-ring (bicyclic) bond motifs is 4. The molecule has 0 radical (unpaired) electrons. The molecule has 5 rings (SSSR count). The molecule has 8 nitrogen and oxygen atoms in total. The first kappa shape index (κ1) is 25.2. The van der Waals surface area contributed by atoms with Gasteiger partial charge in [0, 0.05) is 12.5 Å². The molecule has 2 aliphatic rings. The minimum atomic E-state index is -0.778. The summed E-state index contributed by atoms with van der Waals surface area (Å²) in [4.78, 5) is 56.0. The highest BCUT2D eigenvalue weighted by atomic mass is 16.7. The number of carbonyl (C=O) groups excluding carboxylic acids is 4. The molecular weight excluding hydrogens is 484 g/mol. The van der Waals surface area contributed by atoms with Crippen LogP contribution in [0.2, 0.25) is 0 Å². The van der Waals surface area contributed by atoms with E-state index in [1.54, 1.807) is 12.1 Å². The molecule has 194 valence electrons. The molecule has 1 aliphatic carbocycles. The van der Waals surface area contributed by atoms with Gasteiger partial charge in [0.15, 0.2) is 0 Å². The minimum absolute atomic E-state index is 0.0587. The Hall–Kier alpha value is -4.46. The Balaban J connectivity index is 1.20. The van der Waals surface area contributed by atoms with E-state index in [0.29, 0.717) is 11.5 Å². The first-order valence-electron chi connectivity index (χ1n) is 12.6. The number of ether oxygens (including phenoxy) is 1. The molecule has 1 aliphatic heterocycles. The number of amides is 3. The maximum atomic E-state index is 13.0. The number of hydrogen-bond acceptors (Lipinski definition) is 6. The van der Waals surface area contributed by atoms with Crippen LogP contribution >= 0.6 is 0 Å². The highest BCUT2D eigenvalue weighted by Gasteiger charge is 2.40. The summed E-state index contributed by atoms with van der Waals surface area (Å²) in [7, 11) is 0. The van der Waals surface area contributed by atoms with Crippen LogP contribution < -0.4 is 5.32 Å². The van der Waals surface area contributed by atoms with Gasteiger partial charge in [0.2, 0.25) is 0 Å². The fraction of sp³-hybridized carbons (Fsp3) is 0.267. The topological polar surface area (TPSA) is 102 Å². The molecule has 8 heteroatoms. The average molecular weight is 513 g/mol. The van der Waals surface area contributed by atoms with Gasteiger partial charge in [-0.15, -0.1) is 0 Å².